The van der Waals surface area contributed by atoms with Crippen LogP contribution in [0.15, 0.2) is 35.5 Å². The standard InChI is InChI=1S/C29H44O4/c1-6-28(4,32)14-8-16-33-19-20(2)25-12-13-26-22(9-7-15-29(25,26)5)10-11-23-17-24(30)18-27(31)21(23)3/h10-11,20,24-27,30-32H,3,6-7,9,12-13,15-19H2,1-2,4-5H3/b22-10+,23-11-/t20-,24+,25?,26?,27-,28?,29+/m0/s1. The first-order valence-electron chi connectivity index (χ1n) is 12.8. The number of hydrogen-bond donors (Lipinski definition) is 3. The molecule has 4 nitrogen and oxygen atoms in total. The lowest BCUT2D eigenvalue weighted by Gasteiger charge is -2.44. The van der Waals surface area contributed by atoms with Gasteiger partial charge in [-0.05, 0) is 86.2 Å². The molecule has 4 heteroatoms. The van der Waals surface area contributed by atoms with Crippen LogP contribution in [-0.2, 0) is 4.74 Å². The van der Waals surface area contributed by atoms with Crippen molar-refractivity contribution in [3.8, 4) is 11.8 Å². The highest BCUT2D eigenvalue weighted by atomic mass is 16.5. The van der Waals surface area contributed by atoms with Gasteiger partial charge in [0.15, 0.2) is 0 Å². The third-order valence-corrected chi connectivity index (χ3v) is 8.59. The average Bonchev–Trinajstić information content (AvgIpc) is 3.12. The predicted molar refractivity (Wildman–Crippen MR) is 133 cm³/mol. The number of aliphatic hydroxyl groups excluding tert-OH is 2. The van der Waals surface area contributed by atoms with Crippen LogP contribution in [0.5, 0.6) is 0 Å². The lowest BCUT2D eigenvalue weighted by Crippen LogP contribution is -2.37. The molecule has 0 spiro atoms. The maximum Gasteiger partial charge on any atom is 0.122 e. The van der Waals surface area contributed by atoms with Gasteiger partial charge in [0.2, 0.25) is 0 Å². The minimum absolute atomic E-state index is 0.283. The topological polar surface area (TPSA) is 69.9 Å². The fraction of sp³-hybridized carbons (Fsp3) is 0.724. The molecule has 0 aromatic rings. The van der Waals surface area contributed by atoms with Crippen LogP contribution in [0.3, 0.4) is 0 Å². The number of fused-ring (bicyclic) bond motifs is 1. The molecular formula is C29H44O4. The molecule has 0 radical (unpaired) electrons. The first kappa shape index (κ1) is 26.2. The largest absolute Gasteiger partial charge is 0.393 e. The van der Waals surface area contributed by atoms with Crippen LogP contribution in [0, 0.1) is 35.0 Å². The van der Waals surface area contributed by atoms with E-state index in [1.807, 2.05) is 6.92 Å². The Morgan fingerprint density at radius 2 is 2.06 bits per heavy atom. The van der Waals surface area contributed by atoms with E-state index in [2.05, 4.69) is 44.4 Å². The summed E-state index contributed by atoms with van der Waals surface area (Å²) in [7, 11) is 0. The maximum atomic E-state index is 10.1. The fourth-order valence-corrected chi connectivity index (χ4v) is 6.41. The first-order chi connectivity index (χ1) is 15.6. The number of rotatable bonds is 6. The van der Waals surface area contributed by atoms with Crippen molar-refractivity contribution in [2.45, 2.75) is 96.9 Å². The van der Waals surface area contributed by atoms with E-state index < -0.39 is 17.8 Å². The summed E-state index contributed by atoms with van der Waals surface area (Å²) < 4.78 is 5.89. The number of ether oxygens (including phenoxy) is 1. The summed E-state index contributed by atoms with van der Waals surface area (Å²) in [5.74, 6) is 7.54. The molecule has 0 aromatic heterocycles. The Labute approximate surface area is 200 Å². The van der Waals surface area contributed by atoms with E-state index in [9.17, 15) is 15.3 Å². The minimum Gasteiger partial charge on any atom is -0.393 e. The molecule has 0 aliphatic heterocycles. The van der Waals surface area contributed by atoms with Crippen molar-refractivity contribution < 1.29 is 20.1 Å². The monoisotopic (exact) mass is 456 g/mol. The van der Waals surface area contributed by atoms with Gasteiger partial charge in [-0.25, -0.2) is 0 Å². The minimum atomic E-state index is -0.929. The van der Waals surface area contributed by atoms with Crippen LogP contribution < -0.4 is 0 Å². The molecular weight excluding hydrogens is 412 g/mol. The van der Waals surface area contributed by atoms with Crippen molar-refractivity contribution in [2.75, 3.05) is 13.2 Å². The Kier molecular flexibility index (Phi) is 8.67. The van der Waals surface area contributed by atoms with E-state index >= 15 is 0 Å². The van der Waals surface area contributed by atoms with Gasteiger partial charge in [0.05, 0.1) is 18.8 Å². The number of hydrogen-bond acceptors (Lipinski definition) is 4. The lowest BCUT2D eigenvalue weighted by atomic mass is 9.61. The van der Waals surface area contributed by atoms with Crippen LogP contribution in [0.2, 0.25) is 0 Å². The normalized spacial score (nSPS) is 37.4. The van der Waals surface area contributed by atoms with E-state index in [-0.39, 0.29) is 5.41 Å². The SMILES string of the molecule is C=C1/C(=C\C=C2/CCC[C@@]3(C)C2CCC3[C@@H](C)COCC#CC(C)(O)CC)C[C@@H](O)C[C@@H]1O. The van der Waals surface area contributed by atoms with Crippen LogP contribution >= 0.6 is 0 Å². The molecule has 3 N–H and O–H groups in total. The third kappa shape index (κ3) is 6.20. The average molecular weight is 457 g/mol. The van der Waals surface area contributed by atoms with E-state index in [0.717, 1.165) is 17.6 Å². The highest BCUT2D eigenvalue weighted by molar-refractivity contribution is 5.38. The molecule has 3 unspecified atom stereocenters. The molecule has 3 rings (SSSR count). The van der Waals surface area contributed by atoms with Gasteiger partial charge in [-0.1, -0.05) is 56.9 Å². The van der Waals surface area contributed by atoms with Crippen molar-refractivity contribution in [3.05, 3.63) is 35.5 Å². The van der Waals surface area contributed by atoms with Gasteiger partial charge in [-0.2, -0.15) is 0 Å². The van der Waals surface area contributed by atoms with Gasteiger partial charge < -0.3 is 20.1 Å². The third-order valence-electron chi connectivity index (χ3n) is 8.59. The van der Waals surface area contributed by atoms with Crippen molar-refractivity contribution >= 4 is 0 Å². The van der Waals surface area contributed by atoms with Crippen molar-refractivity contribution in [2.24, 2.45) is 23.2 Å². The Balaban J connectivity index is 1.63. The summed E-state index contributed by atoms with van der Waals surface area (Å²) in [6.45, 7) is 13.6. The Bertz CT molecular complexity index is 826. The molecule has 0 bridgehead atoms. The lowest BCUT2D eigenvalue weighted by molar-refractivity contribution is 0.0442. The predicted octanol–water partition coefficient (Wildman–Crippen LogP) is 4.94. The fourth-order valence-electron chi connectivity index (χ4n) is 6.41. The highest BCUT2D eigenvalue weighted by Gasteiger charge is 2.50. The van der Waals surface area contributed by atoms with Crippen LogP contribution in [-0.4, -0.2) is 46.3 Å². The summed E-state index contributed by atoms with van der Waals surface area (Å²) >= 11 is 0. The molecule has 3 aliphatic carbocycles. The molecule has 3 fully saturated rings. The summed E-state index contributed by atoms with van der Waals surface area (Å²) in [5.41, 5.74) is 2.61. The highest BCUT2D eigenvalue weighted by Crippen LogP contribution is 2.59. The van der Waals surface area contributed by atoms with Crippen molar-refractivity contribution in [1.29, 1.82) is 0 Å². The molecule has 7 atom stereocenters. The number of aliphatic hydroxyl groups is 3. The van der Waals surface area contributed by atoms with Gasteiger partial charge in [0.25, 0.3) is 0 Å². The second-order valence-corrected chi connectivity index (χ2v) is 11.1. The van der Waals surface area contributed by atoms with Gasteiger partial charge in [0.1, 0.15) is 12.2 Å². The second-order valence-electron chi connectivity index (χ2n) is 11.1. The van der Waals surface area contributed by atoms with Crippen LogP contribution in [0.25, 0.3) is 0 Å². The second kappa shape index (κ2) is 10.9. The van der Waals surface area contributed by atoms with E-state index in [4.69, 9.17) is 4.74 Å². The Morgan fingerprint density at radius 3 is 2.79 bits per heavy atom. The molecule has 0 amide bonds. The Hall–Kier alpha value is -1.38. The molecule has 3 aliphatic rings. The molecule has 0 saturated heterocycles. The summed E-state index contributed by atoms with van der Waals surface area (Å²) in [6, 6.07) is 0. The quantitative estimate of drug-likeness (QED) is 0.391. The maximum absolute atomic E-state index is 10.1. The molecule has 184 valence electrons. The molecule has 33 heavy (non-hydrogen) atoms. The van der Waals surface area contributed by atoms with Gasteiger partial charge in [-0.3, -0.25) is 0 Å². The summed E-state index contributed by atoms with van der Waals surface area (Å²) in [4.78, 5) is 0. The first-order valence-corrected chi connectivity index (χ1v) is 12.8. The van der Waals surface area contributed by atoms with Gasteiger partial charge >= 0.3 is 0 Å². The summed E-state index contributed by atoms with van der Waals surface area (Å²) in [6.07, 6.45) is 10.9. The molecule has 0 aromatic carbocycles. The number of allylic oxidation sites excluding steroid dienone is 3. The van der Waals surface area contributed by atoms with Crippen molar-refractivity contribution in [3.63, 3.8) is 0 Å². The zero-order valence-corrected chi connectivity index (χ0v) is 21.1. The van der Waals surface area contributed by atoms with E-state index in [0.29, 0.717) is 50.2 Å². The van der Waals surface area contributed by atoms with Crippen LogP contribution in [0.4, 0.5) is 0 Å². The molecule has 3 saturated carbocycles. The van der Waals surface area contributed by atoms with Gasteiger partial charge in [0, 0.05) is 6.42 Å². The van der Waals surface area contributed by atoms with E-state index in [1.54, 1.807) is 6.92 Å². The zero-order valence-electron chi connectivity index (χ0n) is 21.1. The smallest absolute Gasteiger partial charge is 0.122 e. The summed E-state index contributed by atoms with van der Waals surface area (Å²) in [5, 5.41) is 30.2. The molecule has 0 heterocycles. The Morgan fingerprint density at radius 1 is 1.30 bits per heavy atom. The van der Waals surface area contributed by atoms with Gasteiger partial charge in [-0.15, -0.1) is 0 Å². The zero-order chi connectivity index (χ0) is 24.2. The van der Waals surface area contributed by atoms with E-state index in [1.165, 1.54) is 31.3 Å². The van der Waals surface area contributed by atoms with Crippen LogP contribution in [0.1, 0.15) is 79.1 Å². The van der Waals surface area contributed by atoms with Crippen molar-refractivity contribution in [1.82, 2.24) is 0 Å².